The van der Waals surface area contributed by atoms with Crippen LogP contribution < -0.4 is 0 Å². The fourth-order valence-corrected chi connectivity index (χ4v) is 3.36. The summed E-state index contributed by atoms with van der Waals surface area (Å²) in [6, 6.07) is 20.0. The van der Waals surface area contributed by atoms with Crippen molar-refractivity contribution >= 4 is 27.7 Å². The number of rotatable bonds is 4. The van der Waals surface area contributed by atoms with Gasteiger partial charge in [-0.05, 0) is 41.0 Å². The van der Waals surface area contributed by atoms with E-state index in [1.807, 2.05) is 24.3 Å². The maximum atomic E-state index is 9.82. The van der Waals surface area contributed by atoms with Crippen LogP contribution >= 0.6 is 27.7 Å². The third kappa shape index (κ3) is 3.51. The van der Waals surface area contributed by atoms with Crippen LogP contribution in [0.4, 0.5) is 0 Å². The van der Waals surface area contributed by atoms with E-state index in [0.29, 0.717) is 5.03 Å². The van der Waals surface area contributed by atoms with Crippen LogP contribution in [0.25, 0.3) is 11.1 Å². The minimum absolute atomic E-state index is 0.230. The molecule has 1 heterocycles. The van der Waals surface area contributed by atoms with E-state index in [4.69, 9.17) is 0 Å². The van der Waals surface area contributed by atoms with Gasteiger partial charge in [0, 0.05) is 16.4 Å². The van der Waals surface area contributed by atoms with E-state index in [1.54, 1.807) is 30.1 Å². The molecule has 22 heavy (non-hydrogen) atoms. The average Bonchev–Trinajstić information content (AvgIpc) is 2.55. The van der Waals surface area contributed by atoms with E-state index < -0.39 is 0 Å². The van der Waals surface area contributed by atoms with Crippen molar-refractivity contribution in [2.45, 2.75) is 10.8 Å². The molecule has 0 aliphatic carbocycles. The summed E-state index contributed by atoms with van der Waals surface area (Å²) >= 11 is 5.01. The van der Waals surface area contributed by atoms with Crippen molar-refractivity contribution in [1.29, 1.82) is 0 Å². The van der Waals surface area contributed by atoms with Crippen molar-refractivity contribution in [3.05, 3.63) is 76.9 Å². The highest BCUT2D eigenvalue weighted by atomic mass is 79.9. The molecule has 0 fully saturated rings. The lowest BCUT2D eigenvalue weighted by Gasteiger charge is -2.10. The van der Waals surface area contributed by atoms with E-state index >= 15 is 0 Å². The molecule has 3 aromatic rings. The number of thioether (sulfide) groups is 1. The van der Waals surface area contributed by atoms with Gasteiger partial charge in [0.05, 0.1) is 0 Å². The number of nitrogens with zero attached hydrogens (tertiary/aromatic N) is 1. The highest BCUT2D eigenvalue weighted by molar-refractivity contribution is 9.10. The second kappa shape index (κ2) is 6.99. The molecular weight excluding hydrogens is 358 g/mol. The Morgan fingerprint density at radius 1 is 0.955 bits per heavy atom. The first kappa shape index (κ1) is 15.1. The van der Waals surface area contributed by atoms with Gasteiger partial charge in [-0.15, -0.1) is 0 Å². The Labute approximate surface area is 142 Å². The van der Waals surface area contributed by atoms with Crippen LogP contribution in [-0.2, 0) is 5.75 Å². The van der Waals surface area contributed by atoms with Crippen LogP contribution in [0, 0.1) is 0 Å². The smallest absolute Gasteiger partial charge is 0.147 e. The third-order valence-corrected chi connectivity index (χ3v) is 4.86. The lowest BCUT2D eigenvalue weighted by molar-refractivity contribution is 0.457. The van der Waals surface area contributed by atoms with E-state index in [9.17, 15) is 5.11 Å². The van der Waals surface area contributed by atoms with E-state index in [0.717, 1.165) is 10.2 Å². The van der Waals surface area contributed by atoms with Crippen LogP contribution in [0.5, 0.6) is 5.75 Å². The summed E-state index contributed by atoms with van der Waals surface area (Å²) in [5.74, 6) is 0.991. The van der Waals surface area contributed by atoms with Crippen LogP contribution in [-0.4, -0.2) is 10.1 Å². The quantitative estimate of drug-likeness (QED) is 0.613. The molecule has 0 bridgehead atoms. The van der Waals surface area contributed by atoms with Gasteiger partial charge in [-0.25, -0.2) is 4.98 Å². The standard InChI is InChI=1S/C18H14BrNOS/c19-15-9-7-13(8-10-15)16-5-2-1-4-14(16)12-22-18-17(21)6-3-11-20-18/h1-11,21H,12H2. The fraction of sp³-hybridized carbons (Fsp3) is 0.0556. The van der Waals surface area contributed by atoms with Crippen molar-refractivity contribution < 1.29 is 5.11 Å². The molecule has 1 N–H and O–H groups in total. The lowest BCUT2D eigenvalue weighted by atomic mass is 10.0. The zero-order valence-electron chi connectivity index (χ0n) is 11.7. The van der Waals surface area contributed by atoms with Crippen LogP contribution in [0.2, 0.25) is 0 Å². The summed E-state index contributed by atoms with van der Waals surface area (Å²) in [7, 11) is 0. The van der Waals surface area contributed by atoms with Gasteiger partial charge in [-0.3, -0.25) is 0 Å². The molecule has 0 aliphatic heterocycles. The molecule has 0 saturated heterocycles. The zero-order chi connectivity index (χ0) is 15.4. The van der Waals surface area contributed by atoms with Crippen molar-refractivity contribution in [2.75, 3.05) is 0 Å². The maximum Gasteiger partial charge on any atom is 0.147 e. The molecular formula is C18H14BrNOS. The number of aromatic hydroxyl groups is 1. The van der Waals surface area contributed by atoms with E-state index in [-0.39, 0.29) is 5.75 Å². The van der Waals surface area contributed by atoms with Crippen LogP contribution in [0.1, 0.15) is 5.56 Å². The second-order valence-electron chi connectivity index (χ2n) is 4.78. The molecule has 2 aromatic carbocycles. The summed E-state index contributed by atoms with van der Waals surface area (Å²) in [6.07, 6.45) is 1.70. The predicted molar refractivity (Wildman–Crippen MR) is 95.0 cm³/mol. The average molecular weight is 372 g/mol. The number of benzene rings is 2. The molecule has 0 atom stereocenters. The Bertz CT molecular complexity index is 774. The molecule has 0 aliphatic rings. The summed E-state index contributed by atoms with van der Waals surface area (Å²) in [5, 5.41) is 10.5. The maximum absolute atomic E-state index is 9.82. The van der Waals surface area contributed by atoms with Gasteiger partial charge >= 0.3 is 0 Å². The summed E-state index contributed by atoms with van der Waals surface area (Å²) < 4.78 is 1.07. The van der Waals surface area contributed by atoms with Gasteiger partial charge < -0.3 is 5.11 Å². The van der Waals surface area contributed by atoms with Crippen molar-refractivity contribution in [2.24, 2.45) is 0 Å². The number of aromatic nitrogens is 1. The summed E-state index contributed by atoms with van der Waals surface area (Å²) in [6.45, 7) is 0. The molecule has 4 heteroatoms. The molecule has 1 aromatic heterocycles. The van der Waals surface area contributed by atoms with Gasteiger partial charge in [-0.2, -0.15) is 0 Å². The zero-order valence-corrected chi connectivity index (χ0v) is 14.1. The van der Waals surface area contributed by atoms with Crippen molar-refractivity contribution in [1.82, 2.24) is 4.98 Å². The van der Waals surface area contributed by atoms with E-state index in [2.05, 4.69) is 45.2 Å². The third-order valence-electron chi connectivity index (χ3n) is 3.29. The van der Waals surface area contributed by atoms with Gasteiger partial charge in [0.2, 0.25) is 0 Å². The number of hydrogen-bond donors (Lipinski definition) is 1. The Balaban J connectivity index is 1.86. The molecule has 0 radical (unpaired) electrons. The Morgan fingerprint density at radius 2 is 1.73 bits per heavy atom. The second-order valence-corrected chi connectivity index (χ2v) is 6.66. The minimum atomic E-state index is 0.230. The normalized spacial score (nSPS) is 10.6. The first-order valence-electron chi connectivity index (χ1n) is 6.84. The SMILES string of the molecule is Oc1cccnc1SCc1ccccc1-c1ccc(Br)cc1. The van der Waals surface area contributed by atoms with Crippen molar-refractivity contribution in [3.8, 4) is 16.9 Å². The molecule has 0 spiro atoms. The summed E-state index contributed by atoms with van der Waals surface area (Å²) in [5.41, 5.74) is 3.61. The molecule has 3 rings (SSSR count). The van der Waals surface area contributed by atoms with Crippen LogP contribution in [0.3, 0.4) is 0 Å². The first-order valence-corrected chi connectivity index (χ1v) is 8.62. The molecule has 0 saturated carbocycles. The Hall–Kier alpha value is -1.78. The number of halogens is 1. The topological polar surface area (TPSA) is 33.1 Å². The first-order chi connectivity index (χ1) is 10.7. The van der Waals surface area contributed by atoms with Gasteiger partial charge in [-0.1, -0.05) is 64.1 Å². The minimum Gasteiger partial charge on any atom is -0.505 e. The molecule has 2 nitrogen and oxygen atoms in total. The Morgan fingerprint density at radius 3 is 2.50 bits per heavy atom. The molecule has 110 valence electrons. The lowest BCUT2D eigenvalue weighted by Crippen LogP contribution is -1.88. The van der Waals surface area contributed by atoms with Crippen molar-refractivity contribution in [3.63, 3.8) is 0 Å². The Kier molecular flexibility index (Phi) is 4.80. The highest BCUT2D eigenvalue weighted by Gasteiger charge is 2.07. The van der Waals surface area contributed by atoms with Gasteiger partial charge in [0.15, 0.2) is 0 Å². The molecule has 0 amide bonds. The van der Waals surface area contributed by atoms with Gasteiger partial charge in [0.1, 0.15) is 10.8 Å². The highest BCUT2D eigenvalue weighted by Crippen LogP contribution is 2.32. The number of pyridine rings is 1. The summed E-state index contributed by atoms with van der Waals surface area (Å²) in [4.78, 5) is 4.21. The fourth-order valence-electron chi connectivity index (χ4n) is 2.20. The number of hydrogen-bond acceptors (Lipinski definition) is 3. The monoisotopic (exact) mass is 371 g/mol. The largest absolute Gasteiger partial charge is 0.505 e. The van der Waals surface area contributed by atoms with Gasteiger partial charge in [0.25, 0.3) is 0 Å². The molecule has 0 unspecified atom stereocenters. The predicted octanol–water partition coefficient (Wildman–Crippen LogP) is 5.51. The van der Waals surface area contributed by atoms with Crippen LogP contribution in [0.15, 0.2) is 76.4 Å². The van der Waals surface area contributed by atoms with E-state index in [1.165, 1.54) is 16.7 Å².